The van der Waals surface area contributed by atoms with Crippen molar-refractivity contribution in [3.05, 3.63) is 81.8 Å². The summed E-state index contributed by atoms with van der Waals surface area (Å²) in [4.78, 5) is 12.5. The summed E-state index contributed by atoms with van der Waals surface area (Å²) in [5.41, 5.74) is 1.73. The highest BCUT2D eigenvalue weighted by Gasteiger charge is 2.19. The molecule has 0 aliphatic rings. The Morgan fingerprint density at radius 3 is 2.43 bits per heavy atom. The van der Waals surface area contributed by atoms with Crippen molar-refractivity contribution >= 4 is 50.5 Å². The van der Waals surface area contributed by atoms with Gasteiger partial charge in [-0.05, 0) is 61.0 Å². The van der Waals surface area contributed by atoms with E-state index in [4.69, 9.17) is 27.9 Å². The van der Waals surface area contributed by atoms with Crippen LogP contribution in [0.1, 0.15) is 15.9 Å². The van der Waals surface area contributed by atoms with Crippen molar-refractivity contribution in [1.29, 1.82) is 0 Å². The van der Waals surface area contributed by atoms with Gasteiger partial charge in [0.2, 0.25) is 0 Å². The number of ether oxygens (including phenoxy) is 1. The lowest BCUT2D eigenvalue weighted by Gasteiger charge is -2.13. The molecule has 0 unspecified atom stereocenters. The smallest absolute Gasteiger partial charge is 0.262 e. The molecule has 2 N–H and O–H groups in total. The Morgan fingerprint density at radius 1 is 0.967 bits per heavy atom. The molecule has 0 bridgehead atoms. The molecule has 0 aromatic heterocycles. The van der Waals surface area contributed by atoms with E-state index in [2.05, 4.69) is 10.0 Å². The maximum Gasteiger partial charge on any atom is 0.262 e. The summed E-state index contributed by atoms with van der Waals surface area (Å²) in [5, 5.41) is 3.42. The molecular weight excluding hydrogens is 447 g/mol. The first-order valence-corrected chi connectivity index (χ1v) is 11.0. The van der Waals surface area contributed by atoms with Gasteiger partial charge in [0.25, 0.3) is 15.9 Å². The van der Waals surface area contributed by atoms with Crippen LogP contribution in [-0.4, -0.2) is 21.4 Å². The van der Waals surface area contributed by atoms with Crippen LogP contribution in [0, 0.1) is 6.92 Å². The van der Waals surface area contributed by atoms with Gasteiger partial charge >= 0.3 is 0 Å². The summed E-state index contributed by atoms with van der Waals surface area (Å²) in [5.74, 6) is -0.177. The number of amides is 1. The Morgan fingerprint density at radius 2 is 1.73 bits per heavy atom. The predicted octanol–water partition coefficient (Wildman–Crippen LogP) is 5.36. The Kier molecular flexibility index (Phi) is 6.55. The van der Waals surface area contributed by atoms with E-state index >= 15 is 0 Å². The summed E-state index contributed by atoms with van der Waals surface area (Å²) in [6.45, 7) is 1.88. The quantitative estimate of drug-likeness (QED) is 0.513. The largest absolute Gasteiger partial charge is 0.495 e. The third-order valence-corrected chi connectivity index (χ3v) is 6.10. The Hall–Kier alpha value is -2.74. The van der Waals surface area contributed by atoms with Gasteiger partial charge < -0.3 is 10.1 Å². The first-order chi connectivity index (χ1) is 14.2. The minimum atomic E-state index is -4.00. The lowest BCUT2D eigenvalue weighted by atomic mass is 10.2. The molecule has 30 heavy (non-hydrogen) atoms. The molecule has 0 fully saturated rings. The van der Waals surface area contributed by atoms with Crippen molar-refractivity contribution in [2.45, 2.75) is 11.8 Å². The number of methoxy groups -OCH3 is 1. The molecule has 0 saturated carbocycles. The maximum absolute atomic E-state index is 12.8. The first-order valence-electron chi connectivity index (χ1n) is 8.73. The Labute approximate surface area is 184 Å². The number of hydrogen-bond acceptors (Lipinski definition) is 4. The van der Waals surface area contributed by atoms with Crippen LogP contribution in [0.4, 0.5) is 11.4 Å². The summed E-state index contributed by atoms with van der Waals surface area (Å²) < 4.78 is 33.3. The third-order valence-electron chi connectivity index (χ3n) is 4.19. The number of halogens is 2. The fourth-order valence-electron chi connectivity index (χ4n) is 2.68. The molecule has 6 nitrogen and oxygen atoms in total. The molecule has 0 radical (unpaired) electrons. The SMILES string of the molecule is COc1ccc(Cl)cc1NS(=O)(=O)c1cccc(C(=O)Nc2ccc(C)cc2Cl)c1. The third kappa shape index (κ3) is 5.05. The van der Waals surface area contributed by atoms with E-state index in [1.165, 1.54) is 37.4 Å². The second kappa shape index (κ2) is 8.95. The van der Waals surface area contributed by atoms with Crippen LogP contribution >= 0.6 is 23.2 Å². The van der Waals surface area contributed by atoms with E-state index in [-0.39, 0.29) is 16.1 Å². The molecule has 0 aliphatic carbocycles. The number of hydrogen-bond donors (Lipinski definition) is 2. The highest BCUT2D eigenvalue weighted by atomic mass is 35.5. The van der Waals surface area contributed by atoms with Crippen molar-refractivity contribution in [1.82, 2.24) is 0 Å². The van der Waals surface area contributed by atoms with Gasteiger partial charge in [-0.25, -0.2) is 8.42 Å². The molecule has 0 aliphatic heterocycles. The van der Waals surface area contributed by atoms with Gasteiger partial charge in [-0.15, -0.1) is 0 Å². The number of anilines is 2. The molecular formula is C21H18Cl2N2O4S. The molecule has 0 heterocycles. The fourth-order valence-corrected chi connectivity index (χ4v) is 4.25. The molecule has 3 rings (SSSR count). The second-order valence-corrected chi connectivity index (χ2v) is 8.94. The van der Waals surface area contributed by atoms with Crippen molar-refractivity contribution < 1.29 is 17.9 Å². The Bertz CT molecular complexity index is 1210. The van der Waals surface area contributed by atoms with Gasteiger partial charge in [0.1, 0.15) is 5.75 Å². The molecule has 0 saturated heterocycles. The van der Waals surface area contributed by atoms with Crippen molar-refractivity contribution in [3.8, 4) is 5.75 Å². The zero-order valence-electron chi connectivity index (χ0n) is 16.1. The van der Waals surface area contributed by atoms with Crippen LogP contribution in [-0.2, 0) is 10.0 Å². The van der Waals surface area contributed by atoms with Crippen molar-refractivity contribution in [3.63, 3.8) is 0 Å². The zero-order chi connectivity index (χ0) is 21.9. The number of aryl methyl sites for hydroxylation is 1. The summed E-state index contributed by atoms with van der Waals surface area (Å²) in [6.07, 6.45) is 0. The molecule has 9 heteroatoms. The average Bonchev–Trinajstić information content (AvgIpc) is 2.70. The molecule has 156 valence electrons. The van der Waals surface area contributed by atoms with Gasteiger partial charge in [-0.1, -0.05) is 35.3 Å². The van der Waals surface area contributed by atoms with Crippen LogP contribution in [0.5, 0.6) is 5.75 Å². The van der Waals surface area contributed by atoms with Gasteiger partial charge in [0.05, 0.1) is 28.4 Å². The zero-order valence-corrected chi connectivity index (χ0v) is 18.4. The normalized spacial score (nSPS) is 11.1. The highest BCUT2D eigenvalue weighted by molar-refractivity contribution is 7.92. The van der Waals surface area contributed by atoms with Crippen LogP contribution < -0.4 is 14.8 Å². The van der Waals surface area contributed by atoms with E-state index in [9.17, 15) is 13.2 Å². The molecule has 0 atom stereocenters. The number of carbonyl (C=O) groups excluding carboxylic acids is 1. The predicted molar refractivity (Wildman–Crippen MR) is 119 cm³/mol. The van der Waals surface area contributed by atoms with Crippen LogP contribution in [0.2, 0.25) is 10.0 Å². The van der Waals surface area contributed by atoms with E-state index in [1.54, 1.807) is 24.3 Å². The van der Waals surface area contributed by atoms with Gasteiger partial charge in [-0.3, -0.25) is 9.52 Å². The standard InChI is InChI=1S/C21H18Cl2N2O4S/c1-13-6-8-18(17(23)10-13)24-21(26)14-4-3-5-16(11-14)30(27,28)25-19-12-15(22)7-9-20(19)29-2/h3-12,25H,1-2H3,(H,24,26). The van der Waals surface area contributed by atoms with Crippen molar-refractivity contribution in [2.24, 2.45) is 0 Å². The second-order valence-electron chi connectivity index (χ2n) is 6.42. The summed E-state index contributed by atoms with van der Waals surface area (Å²) >= 11 is 12.1. The van der Waals surface area contributed by atoms with E-state index in [0.29, 0.717) is 21.5 Å². The molecule has 0 spiro atoms. The maximum atomic E-state index is 12.8. The summed E-state index contributed by atoms with van der Waals surface area (Å²) in [7, 11) is -2.58. The molecule has 3 aromatic rings. The number of carbonyl (C=O) groups is 1. The first kappa shape index (κ1) is 22.0. The number of nitrogens with one attached hydrogen (secondary N) is 2. The highest BCUT2D eigenvalue weighted by Crippen LogP contribution is 2.30. The Balaban J connectivity index is 1.87. The monoisotopic (exact) mass is 464 g/mol. The fraction of sp³-hybridized carbons (Fsp3) is 0.0952. The average molecular weight is 465 g/mol. The van der Waals surface area contributed by atoms with Crippen LogP contribution in [0.15, 0.2) is 65.6 Å². The van der Waals surface area contributed by atoms with Gasteiger partial charge in [0.15, 0.2) is 0 Å². The minimum absolute atomic E-state index is 0.0906. The van der Waals surface area contributed by atoms with Crippen molar-refractivity contribution in [2.75, 3.05) is 17.1 Å². The van der Waals surface area contributed by atoms with Gasteiger partial charge in [0, 0.05) is 10.6 Å². The summed E-state index contributed by atoms with van der Waals surface area (Å²) in [6, 6.07) is 15.4. The number of rotatable bonds is 6. The van der Waals surface area contributed by atoms with E-state index < -0.39 is 15.9 Å². The molecule has 1 amide bonds. The topological polar surface area (TPSA) is 84.5 Å². The molecule has 3 aromatic carbocycles. The lowest BCUT2D eigenvalue weighted by molar-refractivity contribution is 0.102. The number of sulfonamides is 1. The lowest BCUT2D eigenvalue weighted by Crippen LogP contribution is -2.16. The van der Waals surface area contributed by atoms with Crippen LogP contribution in [0.3, 0.4) is 0 Å². The van der Waals surface area contributed by atoms with Crippen LogP contribution in [0.25, 0.3) is 0 Å². The number of benzene rings is 3. The van der Waals surface area contributed by atoms with E-state index in [1.807, 2.05) is 13.0 Å². The van der Waals surface area contributed by atoms with Gasteiger partial charge in [-0.2, -0.15) is 0 Å². The van der Waals surface area contributed by atoms with E-state index in [0.717, 1.165) is 5.56 Å². The minimum Gasteiger partial charge on any atom is -0.495 e.